The molecule has 0 aliphatic heterocycles. The van der Waals surface area contributed by atoms with E-state index < -0.39 is 0 Å². The molecule has 0 aliphatic rings. The van der Waals surface area contributed by atoms with E-state index in [-0.39, 0.29) is 12.4 Å². The predicted octanol–water partition coefficient (Wildman–Crippen LogP) is 3.24. The van der Waals surface area contributed by atoms with Gasteiger partial charge in [0.15, 0.2) is 0 Å². The molecule has 0 saturated heterocycles. The Morgan fingerprint density at radius 3 is 2.88 bits per heavy atom. The molecule has 0 saturated carbocycles. The topological polar surface area (TPSA) is 69.4 Å². The highest BCUT2D eigenvalue weighted by molar-refractivity contribution is 6.32. The van der Waals surface area contributed by atoms with Crippen molar-refractivity contribution in [3.8, 4) is 5.75 Å². The van der Waals surface area contributed by atoms with E-state index in [1.807, 2.05) is 26.8 Å². The van der Waals surface area contributed by atoms with Crippen molar-refractivity contribution < 1.29 is 9.53 Å². The van der Waals surface area contributed by atoms with Crippen molar-refractivity contribution in [3.05, 3.63) is 52.1 Å². The van der Waals surface area contributed by atoms with E-state index in [0.717, 1.165) is 22.5 Å². The molecule has 24 heavy (non-hydrogen) atoms. The van der Waals surface area contributed by atoms with Crippen LogP contribution in [0.2, 0.25) is 5.02 Å². The molecule has 6 nitrogen and oxygen atoms in total. The van der Waals surface area contributed by atoms with Crippen molar-refractivity contribution >= 4 is 23.3 Å². The summed E-state index contributed by atoms with van der Waals surface area (Å²) in [6, 6.07) is 5.33. The lowest BCUT2D eigenvalue weighted by Gasteiger charge is -2.11. The number of rotatable bonds is 4. The molecular weight excluding hydrogens is 328 g/mol. The molecule has 2 aromatic heterocycles. The fraction of sp³-hybridized carbons (Fsp3) is 0.294. The Balaban J connectivity index is 1.73. The van der Waals surface area contributed by atoms with Crippen LogP contribution in [-0.4, -0.2) is 25.6 Å². The van der Waals surface area contributed by atoms with Gasteiger partial charge in [0.05, 0.1) is 11.4 Å². The van der Waals surface area contributed by atoms with Crippen LogP contribution in [0.1, 0.15) is 28.9 Å². The van der Waals surface area contributed by atoms with Gasteiger partial charge in [-0.05, 0) is 50.5 Å². The number of hydrogen-bond acceptors (Lipinski definition) is 5. The van der Waals surface area contributed by atoms with Gasteiger partial charge in [-0.3, -0.25) is 4.79 Å². The van der Waals surface area contributed by atoms with Crippen LogP contribution in [0.5, 0.6) is 5.75 Å². The molecule has 1 aromatic carbocycles. The number of carbonyl (C=O) groups excluding carboxylic acids is 1. The quantitative estimate of drug-likeness (QED) is 0.537. The number of fused-ring (bicyclic) bond motifs is 1. The number of hydrogen-bond donors (Lipinski definition) is 0. The van der Waals surface area contributed by atoms with Crippen molar-refractivity contribution in [1.82, 2.24) is 19.6 Å². The summed E-state index contributed by atoms with van der Waals surface area (Å²) >= 11 is 6.06. The summed E-state index contributed by atoms with van der Waals surface area (Å²) < 4.78 is 7.05. The Labute approximate surface area is 144 Å². The SMILES string of the molecule is Cc1ccc(Cl)c(OC(=O)CCc2c(C)nc3ncnn3c2C)c1. The average molecular weight is 345 g/mol. The Hall–Kier alpha value is -2.47. The molecule has 124 valence electrons. The van der Waals surface area contributed by atoms with Crippen molar-refractivity contribution in [1.29, 1.82) is 0 Å². The monoisotopic (exact) mass is 344 g/mol. The first-order valence-electron chi connectivity index (χ1n) is 7.58. The lowest BCUT2D eigenvalue weighted by molar-refractivity contribution is -0.134. The van der Waals surface area contributed by atoms with Crippen molar-refractivity contribution in [3.63, 3.8) is 0 Å². The van der Waals surface area contributed by atoms with Crippen LogP contribution in [0.4, 0.5) is 0 Å². The molecule has 7 heteroatoms. The molecule has 0 bridgehead atoms. The van der Waals surface area contributed by atoms with Crippen molar-refractivity contribution in [2.75, 3.05) is 0 Å². The maximum absolute atomic E-state index is 12.1. The first kappa shape index (κ1) is 16.4. The van der Waals surface area contributed by atoms with Gasteiger partial charge in [0.25, 0.3) is 5.78 Å². The van der Waals surface area contributed by atoms with Crippen LogP contribution in [0.3, 0.4) is 0 Å². The molecule has 3 rings (SSSR count). The second-order valence-electron chi connectivity index (χ2n) is 5.64. The predicted molar refractivity (Wildman–Crippen MR) is 90.4 cm³/mol. The van der Waals surface area contributed by atoms with Gasteiger partial charge in [-0.25, -0.2) is 9.50 Å². The second kappa shape index (κ2) is 6.57. The first-order valence-corrected chi connectivity index (χ1v) is 7.96. The Kier molecular flexibility index (Phi) is 4.49. The zero-order valence-corrected chi connectivity index (χ0v) is 14.5. The smallest absolute Gasteiger partial charge is 0.311 e. The number of aromatic nitrogens is 4. The zero-order chi connectivity index (χ0) is 17.3. The lowest BCUT2D eigenvalue weighted by Crippen LogP contribution is -2.12. The minimum Gasteiger partial charge on any atom is -0.425 e. The van der Waals surface area contributed by atoms with E-state index in [9.17, 15) is 4.79 Å². The minimum absolute atomic E-state index is 0.230. The molecule has 0 fully saturated rings. The molecule has 0 amide bonds. The van der Waals surface area contributed by atoms with E-state index >= 15 is 0 Å². The number of esters is 1. The Bertz CT molecular complexity index is 920. The number of ether oxygens (including phenoxy) is 1. The summed E-state index contributed by atoms with van der Waals surface area (Å²) in [6.07, 6.45) is 2.21. The zero-order valence-electron chi connectivity index (χ0n) is 13.7. The fourth-order valence-electron chi connectivity index (χ4n) is 2.61. The first-order chi connectivity index (χ1) is 11.5. The maximum Gasteiger partial charge on any atom is 0.311 e. The molecule has 0 N–H and O–H groups in total. The lowest BCUT2D eigenvalue weighted by atomic mass is 10.1. The number of benzene rings is 1. The van der Waals surface area contributed by atoms with E-state index in [1.165, 1.54) is 6.33 Å². The van der Waals surface area contributed by atoms with Crippen LogP contribution < -0.4 is 4.74 Å². The summed E-state index contributed by atoms with van der Waals surface area (Å²) in [7, 11) is 0. The summed E-state index contributed by atoms with van der Waals surface area (Å²) in [4.78, 5) is 20.6. The van der Waals surface area contributed by atoms with E-state index in [4.69, 9.17) is 16.3 Å². The van der Waals surface area contributed by atoms with Crippen LogP contribution in [-0.2, 0) is 11.2 Å². The number of aryl methyl sites for hydroxylation is 3. The van der Waals surface area contributed by atoms with Crippen LogP contribution in [0, 0.1) is 20.8 Å². The maximum atomic E-state index is 12.1. The molecule has 0 spiro atoms. The van der Waals surface area contributed by atoms with Gasteiger partial charge >= 0.3 is 5.97 Å². The highest BCUT2D eigenvalue weighted by Gasteiger charge is 2.14. The number of halogens is 1. The third-order valence-corrected chi connectivity index (χ3v) is 4.19. The molecular formula is C17H17ClN4O2. The van der Waals surface area contributed by atoms with Crippen LogP contribution in [0.15, 0.2) is 24.5 Å². The van der Waals surface area contributed by atoms with Gasteiger partial charge in [-0.1, -0.05) is 17.7 Å². The molecule has 2 heterocycles. The summed E-state index contributed by atoms with van der Waals surface area (Å²) in [5, 5.41) is 4.57. The molecule has 0 atom stereocenters. The van der Waals surface area contributed by atoms with Gasteiger partial charge in [-0.2, -0.15) is 10.1 Å². The van der Waals surface area contributed by atoms with Gasteiger partial charge in [0.2, 0.25) is 0 Å². The molecule has 0 radical (unpaired) electrons. The van der Waals surface area contributed by atoms with E-state index in [0.29, 0.717) is 23.0 Å². The van der Waals surface area contributed by atoms with Crippen LogP contribution >= 0.6 is 11.6 Å². The average Bonchev–Trinajstić information content (AvgIpc) is 2.99. The van der Waals surface area contributed by atoms with E-state index in [2.05, 4.69) is 15.1 Å². The minimum atomic E-state index is -0.333. The third-order valence-electron chi connectivity index (χ3n) is 3.88. The van der Waals surface area contributed by atoms with Crippen LogP contribution in [0.25, 0.3) is 5.78 Å². The summed E-state index contributed by atoms with van der Waals surface area (Å²) in [6.45, 7) is 5.76. The largest absolute Gasteiger partial charge is 0.425 e. The van der Waals surface area contributed by atoms with Crippen molar-refractivity contribution in [2.24, 2.45) is 0 Å². The Morgan fingerprint density at radius 2 is 2.08 bits per heavy atom. The number of carbonyl (C=O) groups is 1. The van der Waals surface area contributed by atoms with Gasteiger partial charge < -0.3 is 4.74 Å². The van der Waals surface area contributed by atoms with Gasteiger partial charge in [0.1, 0.15) is 12.1 Å². The second-order valence-corrected chi connectivity index (χ2v) is 6.05. The summed E-state index contributed by atoms with van der Waals surface area (Å²) in [5.41, 5.74) is 3.72. The van der Waals surface area contributed by atoms with Crippen molar-refractivity contribution in [2.45, 2.75) is 33.6 Å². The molecule has 0 unspecified atom stereocenters. The standard InChI is InChI=1S/C17H17ClN4O2/c1-10-4-6-14(18)15(8-10)24-16(23)7-5-13-11(2)21-17-19-9-20-22(17)12(13)3/h4,6,8-9H,5,7H2,1-3H3. The number of nitrogens with zero attached hydrogens (tertiary/aromatic N) is 4. The fourth-order valence-corrected chi connectivity index (χ4v) is 2.76. The van der Waals surface area contributed by atoms with Gasteiger partial charge in [0, 0.05) is 11.4 Å². The summed E-state index contributed by atoms with van der Waals surface area (Å²) in [5.74, 6) is 0.614. The highest BCUT2D eigenvalue weighted by Crippen LogP contribution is 2.26. The Morgan fingerprint density at radius 1 is 1.29 bits per heavy atom. The third kappa shape index (κ3) is 3.23. The van der Waals surface area contributed by atoms with Gasteiger partial charge in [-0.15, -0.1) is 0 Å². The highest BCUT2D eigenvalue weighted by atomic mass is 35.5. The molecule has 0 aliphatic carbocycles. The van der Waals surface area contributed by atoms with E-state index in [1.54, 1.807) is 16.6 Å². The molecule has 3 aromatic rings. The normalized spacial score (nSPS) is 11.0.